The van der Waals surface area contributed by atoms with Crippen LogP contribution in [0.2, 0.25) is 0 Å². The second-order valence-electron chi connectivity index (χ2n) is 2.75. The zero-order valence-electron chi connectivity index (χ0n) is 7.27. The highest BCUT2D eigenvalue weighted by Gasteiger charge is 2.08. The van der Waals surface area contributed by atoms with Crippen LogP contribution in [0.5, 0.6) is 0 Å². The fourth-order valence-corrected chi connectivity index (χ4v) is 1.72. The molecule has 0 aromatic carbocycles. The van der Waals surface area contributed by atoms with E-state index in [4.69, 9.17) is 5.11 Å². The highest BCUT2D eigenvalue weighted by molar-refractivity contribution is 7.99. The number of hydrogen-bond acceptors (Lipinski definition) is 4. The van der Waals surface area contributed by atoms with E-state index >= 15 is 0 Å². The maximum atomic E-state index is 10.3. The molecule has 1 heterocycles. The van der Waals surface area contributed by atoms with Gasteiger partial charge >= 0.3 is 5.97 Å². The molecule has 0 aliphatic heterocycles. The Morgan fingerprint density at radius 1 is 1.85 bits per heavy atom. The number of carboxylic acids is 1. The molecular weight excluding hydrogens is 190 g/mol. The summed E-state index contributed by atoms with van der Waals surface area (Å²) in [6.45, 7) is 1.90. The van der Waals surface area contributed by atoms with E-state index in [0.29, 0.717) is 0 Å². The Balaban J connectivity index is 2.22. The van der Waals surface area contributed by atoms with Crippen molar-refractivity contribution in [3.63, 3.8) is 0 Å². The van der Waals surface area contributed by atoms with Crippen molar-refractivity contribution in [2.45, 2.75) is 24.3 Å². The van der Waals surface area contributed by atoms with Crippen LogP contribution >= 0.6 is 11.8 Å². The molecule has 0 spiro atoms. The monoisotopic (exact) mass is 201 g/mol. The van der Waals surface area contributed by atoms with Crippen molar-refractivity contribution in [3.8, 4) is 0 Å². The molecule has 0 aliphatic carbocycles. The van der Waals surface area contributed by atoms with Gasteiger partial charge in [-0.15, -0.1) is 0 Å². The van der Waals surface area contributed by atoms with Gasteiger partial charge in [-0.1, -0.05) is 12.1 Å². The third-order valence-electron chi connectivity index (χ3n) is 1.48. The molecule has 0 saturated heterocycles. The summed E-state index contributed by atoms with van der Waals surface area (Å²) in [6, 6.07) is 0. The van der Waals surface area contributed by atoms with Crippen molar-refractivity contribution in [1.29, 1.82) is 0 Å². The fourth-order valence-electron chi connectivity index (χ4n) is 0.841. The van der Waals surface area contributed by atoms with Crippen LogP contribution in [0.4, 0.5) is 0 Å². The first kappa shape index (κ1) is 10.1. The van der Waals surface area contributed by atoms with E-state index in [9.17, 15) is 4.79 Å². The molecule has 1 rings (SSSR count). The number of nitrogens with zero attached hydrogens (tertiary/aromatic N) is 1. The number of hydrogen-bond donors (Lipinski definition) is 1. The predicted molar refractivity (Wildman–Crippen MR) is 49.5 cm³/mol. The Bertz CT molecular complexity index is 260. The van der Waals surface area contributed by atoms with Gasteiger partial charge < -0.3 is 9.63 Å². The molecule has 0 saturated carbocycles. The van der Waals surface area contributed by atoms with Gasteiger partial charge in [0.25, 0.3) is 0 Å². The van der Waals surface area contributed by atoms with E-state index in [-0.39, 0.29) is 11.7 Å². The molecule has 1 aromatic rings. The lowest BCUT2D eigenvalue weighted by atomic mass is 10.3. The standard InChI is InChI=1S/C8H11NO3S/c1-6(2-8(10)11)13-5-7-3-9-12-4-7/h3-4,6H,2,5H2,1H3,(H,10,11). The molecule has 0 fully saturated rings. The van der Waals surface area contributed by atoms with Gasteiger partial charge in [0, 0.05) is 16.6 Å². The van der Waals surface area contributed by atoms with Crippen LogP contribution in [0.3, 0.4) is 0 Å². The lowest BCUT2D eigenvalue weighted by molar-refractivity contribution is -0.136. The average Bonchev–Trinajstić information content (AvgIpc) is 2.51. The van der Waals surface area contributed by atoms with Gasteiger partial charge in [-0.3, -0.25) is 4.79 Å². The second-order valence-corrected chi connectivity index (χ2v) is 4.18. The van der Waals surface area contributed by atoms with Crippen LogP contribution in [0.15, 0.2) is 17.0 Å². The second kappa shape index (κ2) is 4.91. The lowest BCUT2D eigenvalue weighted by Gasteiger charge is -2.05. The molecule has 13 heavy (non-hydrogen) atoms. The van der Waals surface area contributed by atoms with E-state index < -0.39 is 5.97 Å². The maximum absolute atomic E-state index is 10.3. The van der Waals surface area contributed by atoms with Crippen LogP contribution < -0.4 is 0 Å². The van der Waals surface area contributed by atoms with Gasteiger partial charge in [-0.25, -0.2) is 0 Å². The Morgan fingerprint density at radius 3 is 3.15 bits per heavy atom. The summed E-state index contributed by atoms with van der Waals surface area (Å²) in [7, 11) is 0. The van der Waals surface area contributed by atoms with Crippen molar-refractivity contribution in [2.75, 3.05) is 0 Å². The van der Waals surface area contributed by atoms with Gasteiger partial charge in [0.15, 0.2) is 0 Å². The van der Waals surface area contributed by atoms with Crippen molar-refractivity contribution in [2.24, 2.45) is 0 Å². The van der Waals surface area contributed by atoms with Crippen LogP contribution in [0.1, 0.15) is 18.9 Å². The number of rotatable bonds is 5. The van der Waals surface area contributed by atoms with E-state index in [0.717, 1.165) is 11.3 Å². The average molecular weight is 201 g/mol. The Labute approximate surface area is 80.3 Å². The van der Waals surface area contributed by atoms with Gasteiger partial charge in [0.1, 0.15) is 6.26 Å². The summed E-state index contributed by atoms with van der Waals surface area (Å²) in [5.41, 5.74) is 0.988. The number of carboxylic acid groups (broad SMARTS) is 1. The molecule has 0 amide bonds. The summed E-state index contributed by atoms with van der Waals surface area (Å²) in [6.07, 6.45) is 3.40. The molecule has 0 bridgehead atoms. The first-order chi connectivity index (χ1) is 6.18. The Hall–Kier alpha value is -0.970. The number of aliphatic carboxylic acids is 1. The van der Waals surface area contributed by atoms with Gasteiger partial charge in [-0.05, 0) is 0 Å². The normalized spacial score (nSPS) is 12.7. The van der Waals surface area contributed by atoms with Crippen LogP contribution in [-0.2, 0) is 10.5 Å². The molecule has 1 aromatic heterocycles. The molecule has 1 atom stereocenters. The van der Waals surface area contributed by atoms with E-state index in [1.165, 1.54) is 0 Å². The summed E-state index contributed by atoms with van der Waals surface area (Å²) in [4.78, 5) is 10.3. The fraction of sp³-hybridized carbons (Fsp3) is 0.500. The molecule has 72 valence electrons. The van der Waals surface area contributed by atoms with Gasteiger partial charge in [-0.2, -0.15) is 11.8 Å². The third kappa shape index (κ3) is 3.98. The largest absolute Gasteiger partial charge is 0.481 e. The predicted octanol–water partition coefficient (Wildman–Crippen LogP) is 1.77. The zero-order valence-corrected chi connectivity index (χ0v) is 8.08. The first-order valence-electron chi connectivity index (χ1n) is 3.90. The van der Waals surface area contributed by atoms with E-state index in [1.54, 1.807) is 24.2 Å². The molecule has 1 N–H and O–H groups in total. The van der Waals surface area contributed by atoms with Gasteiger partial charge in [0.2, 0.25) is 0 Å². The Kier molecular flexibility index (Phi) is 3.82. The van der Waals surface area contributed by atoms with Crippen molar-refractivity contribution in [1.82, 2.24) is 5.16 Å². The lowest BCUT2D eigenvalue weighted by Crippen LogP contribution is -2.05. The quantitative estimate of drug-likeness (QED) is 0.786. The van der Waals surface area contributed by atoms with E-state index in [2.05, 4.69) is 9.68 Å². The summed E-state index contributed by atoms with van der Waals surface area (Å²) in [5.74, 6) is -0.0110. The number of aromatic nitrogens is 1. The smallest absolute Gasteiger partial charge is 0.304 e. The van der Waals surface area contributed by atoms with Crippen molar-refractivity contribution >= 4 is 17.7 Å². The molecular formula is C8H11NO3S. The van der Waals surface area contributed by atoms with Crippen LogP contribution in [0, 0.1) is 0 Å². The summed E-state index contributed by atoms with van der Waals surface area (Å²) in [5, 5.41) is 12.2. The minimum Gasteiger partial charge on any atom is -0.481 e. The maximum Gasteiger partial charge on any atom is 0.304 e. The van der Waals surface area contributed by atoms with Crippen LogP contribution in [0.25, 0.3) is 0 Å². The molecule has 0 aliphatic rings. The third-order valence-corrected chi connectivity index (χ3v) is 2.72. The van der Waals surface area contributed by atoms with Gasteiger partial charge in [0.05, 0.1) is 12.6 Å². The van der Waals surface area contributed by atoms with Crippen molar-refractivity contribution < 1.29 is 14.4 Å². The van der Waals surface area contributed by atoms with E-state index in [1.807, 2.05) is 6.92 Å². The minimum absolute atomic E-state index is 0.118. The SMILES string of the molecule is CC(CC(=O)O)SCc1cnoc1. The Morgan fingerprint density at radius 2 is 2.62 bits per heavy atom. The van der Waals surface area contributed by atoms with Crippen LogP contribution in [-0.4, -0.2) is 21.5 Å². The summed E-state index contributed by atoms with van der Waals surface area (Å²) < 4.78 is 4.65. The summed E-state index contributed by atoms with van der Waals surface area (Å²) >= 11 is 1.58. The number of carbonyl (C=O) groups is 1. The minimum atomic E-state index is -0.759. The highest BCUT2D eigenvalue weighted by Crippen LogP contribution is 2.19. The van der Waals surface area contributed by atoms with Crippen molar-refractivity contribution in [3.05, 3.63) is 18.0 Å². The molecule has 1 unspecified atom stereocenters. The number of thioether (sulfide) groups is 1. The molecule has 0 radical (unpaired) electrons. The molecule has 5 heteroatoms. The first-order valence-corrected chi connectivity index (χ1v) is 4.95. The zero-order chi connectivity index (χ0) is 9.68. The topological polar surface area (TPSA) is 63.3 Å². The highest BCUT2D eigenvalue weighted by atomic mass is 32.2. The molecule has 4 nitrogen and oxygen atoms in total.